The number of rotatable bonds is 2. The fourth-order valence-corrected chi connectivity index (χ4v) is 2.81. The molecule has 0 saturated carbocycles. The van der Waals surface area contributed by atoms with Crippen LogP contribution in [0.3, 0.4) is 0 Å². The van der Waals surface area contributed by atoms with Gasteiger partial charge in [0.25, 0.3) is 0 Å². The molecule has 2 rings (SSSR count). The molecule has 7 heteroatoms. The quantitative estimate of drug-likeness (QED) is 0.721. The van der Waals surface area contributed by atoms with Gasteiger partial charge < -0.3 is 14.5 Å². The van der Waals surface area contributed by atoms with E-state index in [1.807, 2.05) is 20.8 Å². The first-order valence-corrected chi connectivity index (χ1v) is 8.81. The minimum absolute atomic E-state index is 0.116. The van der Waals surface area contributed by atoms with E-state index in [1.165, 1.54) is 6.08 Å². The molecule has 0 radical (unpaired) electrons. The van der Waals surface area contributed by atoms with Crippen molar-refractivity contribution in [3.05, 3.63) is 39.9 Å². The van der Waals surface area contributed by atoms with Crippen molar-refractivity contribution < 1.29 is 14.3 Å². The zero-order valence-electron chi connectivity index (χ0n) is 14.6. The van der Waals surface area contributed by atoms with Crippen molar-refractivity contribution in [2.75, 3.05) is 26.2 Å². The molecule has 1 saturated heterocycles. The third-order valence-corrected chi connectivity index (χ3v) is 4.17. The average molecular weight is 385 g/mol. The number of halogens is 2. The summed E-state index contributed by atoms with van der Waals surface area (Å²) in [5.74, 6) is -0.116. The second-order valence-electron chi connectivity index (χ2n) is 6.79. The van der Waals surface area contributed by atoms with Gasteiger partial charge in [0, 0.05) is 42.3 Å². The van der Waals surface area contributed by atoms with Gasteiger partial charge in [0.05, 0.1) is 0 Å². The molecule has 0 unspecified atom stereocenters. The molecule has 1 aromatic rings. The number of amides is 2. The molecule has 1 aromatic carbocycles. The van der Waals surface area contributed by atoms with Gasteiger partial charge in [-0.2, -0.15) is 0 Å². The molecule has 5 nitrogen and oxygen atoms in total. The van der Waals surface area contributed by atoms with E-state index in [-0.39, 0.29) is 12.0 Å². The van der Waals surface area contributed by atoms with Crippen LogP contribution in [0.25, 0.3) is 6.08 Å². The number of hydrogen-bond donors (Lipinski definition) is 0. The number of benzene rings is 1. The second kappa shape index (κ2) is 8.11. The second-order valence-corrected chi connectivity index (χ2v) is 7.64. The maximum atomic E-state index is 12.3. The van der Waals surface area contributed by atoms with Gasteiger partial charge in [-0.1, -0.05) is 29.3 Å². The van der Waals surface area contributed by atoms with Crippen LogP contribution in [0.2, 0.25) is 10.0 Å². The van der Waals surface area contributed by atoms with E-state index in [4.69, 9.17) is 27.9 Å². The van der Waals surface area contributed by atoms with Gasteiger partial charge in [-0.3, -0.25) is 4.79 Å². The van der Waals surface area contributed by atoms with Gasteiger partial charge in [-0.25, -0.2) is 4.79 Å². The summed E-state index contributed by atoms with van der Waals surface area (Å²) >= 11 is 11.9. The lowest BCUT2D eigenvalue weighted by Crippen LogP contribution is -2.51. The number of nitrogens with zero attached hydrogens (tertiary/aromatic N) is 2. The van der Waals surface area contributed by atoms with E-state index in [2.05, 4.69) is 0 Å². The van der Waals surface area contributed by atoms with Crippen molar-refractivity contribution in [3.8, 4) is 0 Å². The summed E-state index contributed by atoms with van der Waals surface area (Å²) in [7, 11) is 0. The molecule has 1 aliphatic heterocycles. The maximum absolute atomic E-state index is 12.3. The number of carbonyl (C=O) groups excluding carboxylic acids is 2. The average Bonchev–Trinajstić information content (AvgIpc) is 2.52. The summed E-state index contributed by atoms with van der Waals surface area (Å²) in [4.78, 5) is 27.6. The molecular weight excluding hydrogens is 363 g/mol. The zero-order chi connectivity index (χ0) is 18.6. The lowest BCUT2D eigenvalue weighted by molar-refractivity contribution is -0.127. The molecule has 0 aromatic heterocycles. The first kappa shape index (κ1) is 19.6. The fraction of sp³-hybridized carbons (Fsp3) is 0.444. The van der Waals surface area contributed by atoms with E-state index in [0.29, 0.717) is 36.2 Å². The van der Waals surface area contributed by atoms with Crippen LogP contribution < -0.4 is 0 Å². The van der Waals surface area contributed by atoms with E-state index < -0.39 is 5.60 Å². The molecule has 136 valence electrons. The Morgan fingerprint density at radius 1 is 1.08 bits per heavy atom. The molecule has 0 spiro atoms. The van der Waals surface area contributed by atoms with E-state index in [0.717, 1.165) is 5.56 Å². The molecule has 0 atom stereocenters. The van der Waals surface area contributed by atoms with Crippen LogP contribution in [-0.4, -0.2) is 53.6 Å². The standard InChI is InChI=1S/C18H22Cl2N2O3/c1-18(2,3)25-17(24)22-10-8-21(9-11-22)16(23)7-5-13-4-6-14(19)12-15(13)20/h4-7,12H,8-11H2,1-3H3/b7-5+. The number of carbonyl (C=O) groups is 2. The topological polar surface area (TPSA) is 49.9 Å². The van der Waals surface area contributed by atoms with Gasteiger partial charge in [0.15, 0.2) is 0 Å². The van der Waals surface area contributed by atoms with Gasteiger partial charge in [0.2, 0.25) is 5.91 Å². The smallest absolute Gasteiger partial charge is 0.410 e. The Bertz CT molecular complexity index is 675. The molecule has 1 aliphatic rings. The molecule has 0 N–H and O–H groups in total. The molecule has 25 heavy (non-hydrogen) atoms. The first-order chi connectivity index (χ1) is 11.7. The summed E-state index contributed by atoms with van der Waals surface area (Å²) in [5, 5.41) is 1.04. The minimum Gasteiger partial charge on any atom is -0.444 e. The highest BCUT2D eigenvalue weighted by Crippen LogP contribution is 2.22. The predicted molar refractivity (Wildman–Crippen MR) is 99.9 cm³/mol. The van der Waals surface area contributed by atoms with E-state index in [9.17, 15) is 9.59 Å². The largest absolute Gasteiger partial charge is 0.444 e. The van der Waals surface area contributed by atoms with Gasteiger partial charge in [0.1, 0.15) is 5.60 Å². The van der Waals surface area contributed by atoms with Gasteiger partial charge in [-0.15, -0.1) is 0 Å². The monoisotopic (exact) mass is 384 g/mol. The van der Waals surface area contributed by atoms with Crippen LogP contribution in [-0.2, 0) is 9.53 Å². The van der Waals surface area contributed by atoms with Crippen molar-refractivity contribution in [2.24, 2.45) is 0 Å². The highest BCUT2D eigenvalue weighted by Gasteiger charge is 2.26. The number of hydrogen-bond acceptors (Lipinski definition) is 3. The van der Waals surface area contributed by atoms with Crippen molar-refractivity contribution >= 4 is 41.3 Å². The van der Waals surface area contributed by atoms with Gasteiger partial charge in [-0.05, 0) is 44.5 Å². The van der Waals surface area contributed by atoms with E-state index >= 15 is 0 Å². The molecule has 1 heterocycles. The summed E-state index contributed by atoms with van der Waals surface area (Å²) < 4.78 is 5.35. The first-order valence-electron chi connectivity index (χ1n) is 8.06. The Morgan fingerprint density at radius 2 is 1.68 bits per heavy atom. The van der Waals surface area contributed by atoms with Crippen LogP contribution >= 0.6 is 23.2 Å². The van der Waals surface area contributed by atoms with Crippen LogP contribution in [0, 0.1) is 0 Å². The molecule has 0 bridgehead atoms. The number of ether oxygens (including phenoxy) is 1. The minimum atomic E-state index is -0.523. The van der Waals surface area contributed by atoms with Crippen molar-refractivity contribution in [1.82, 2.24) is 9.80 Å². The normalized spacial score (nSPS) is 15.6. The van der Waals surface area contributed by atoms with Crippen molar-refractivity contribution in [3.63, 3.8) is 0 Å². The summed E-state index contributed by atoms with van der Waals surface area (Å²) in [6, 6.07) is 5.11. The Morgan fingerprint density at radius 3 is 2.24 bits per heavy atom. The van der Waals surface area contributed by atoms with Crippen molar-refractivity contribution in [2.45, 2.75) is 26.4 Å². The van der Waals surface area contributed by atoms with Crippen LogP contribution in [0.1, 0.15) is 26.3 Å². The van der Waals surface area contributed by atoms with Crippen molar-refractivity contribution in [1.29, 1.82) is 0 Å². The Hall–Kier alpha value is -1.72. The van der Waals surface area contributed by atoms with Gasteiger partial charge >= 0.3 is 6.09 Å². The molecule has 2 amide bonds. The van der Waals surface area contributed by atoms with E-state index in [1.54, 1.807) is 34.1 Å². The fourth-order valence-electron chi connectivity index (χ4n) is 2.34. The molecular formula is C18H22Cl2N2O3. The number of piperazine rings is 1. The molecule has 1 fully saturated rings. The summed E-state index contributed by atoms with van der Waals surface area (Å²) in [6.45, 7) is 7.34. The lowest BCUT2D eigenvalue weighted by atomic mass is 10.2. The van der Waals surface area contributed by atoms with Crippen LogP contribution in [0.15, 0.2) is 24.3 Å². The highest BCUT2D eigenvalue weighted by atomic mass is 35.5. The summed E-state index contributed by atoms with van der Waals surface area (Å²) in [6.07, 6.45) is 2.81. The summed E-state index contributed by atoms with van der Waals surface area (Å²) in [5.41, 5.74) is 0.205. The Balaban J connectivity index is 1.89. The molecule has 0 aliphatic carbocycles. The maximum Gasteiger partial charge on any atom is 0.410 e. The van der Waals surface area contributed by atoms with Crippen LogP contribution in [0.4, 0.5) is 4.79 Å². The Kier molecular flexibility index (Phi) is 6.36. The Labute approximate surface area is 158 Å². The third kappa shape index (κ3) is 5.94. The highest BCUT2D eigenvalue weighted by molar-refractivity contribution is 6.35. The predicted octanol–water partition coefficient (Wildman–Crippen LogP) is 4.09. The SMILES string of the molecule is CC(C)(C)OC(=O)N1CCN(C(=O)/C=C/c2ccc(Cl)cc2Cl)CC1. The zero-order valence-corrected chi connectivity index (χ0v) is 16.1. The van der Waals surface area contributed by atoms with Crippen LogP contribution in [0.5, 0.6) is 0 Å². The lowest BCUT2D eigenvalue weighted by Gasteiger charge is -2.35. The third-order valence-electron chi connectivity index (χ3n) is 3.61.